The van der Waals surface area contributed by atoms with Crippen LogP contribution < -0.4 is 0 Å². The van der Waals surface area contributed by atoms with E-state index in [4.69, 9.17) is 0 Å². The maximum Gasteiger partial charge on any atom is 0.129 e. The summed E-state index contributed by atoms with van der Waals surface area (Å²) in [5.74, 6) is -0.848. The average Bonchev–Trinajstić information content (AvgIpc) is 2.39. The minimum Gasteiger partial charge on any atom is -0.387 e. The van der Waals surface area contributed by atoms with E-state index in [1.807, 2.05) is 31.2 Å². The first-order valence-corrected chi connectivity index (χ1v) is 6.87. The molecule has 0 amide bonds. The predicted octanol–water partition coefficient (Wildman–Crippen LogP) is 4.10. The van der Waals surface area contributed by atoms with Gasteiger partial charge in [0.1, 0.15) is 11.6 Å². The third-order valence-corrected chi connectivity index (χ3v) is 3.78. The number of aliphatic hydroxyl groups is 1. The third kappa shape index (κ3) is 3.78. The Morgan fingerprint density at radius 2 is 1.95 bits per heavy atom. The molecule has 0 aromatic heterocycles. The number of hydrogen-bond acceptors (Lipinski definition) is 2. The lowest BCUT2D eigenvalue weighted by atomic mass is 10.1. The number of rotatable bonds is 4. The monoisotopic (exact) mass is 280 g/mol. The van der Waals surface area contributed by atoms with Crippen LogP contribution in [-0.4, -0.2) is 10.9 Å². The van der Waals surface area contributed by atoms with Crippen molar-refractivity contribution >= 4 is 11.8 Å². The number of aryl methyl sites for hydroxylation is 1. The number of hydrogen-bond donors (Lipinski definition) is 1. The van der Waals surface area contributed by atoms with Crippen molar-refractivity contribution in [1.82, 2.24) is 0 Å². The zero-order chi connectivity index (χ0) is 13.8. The summed E-state index contributed by atoms with van der Waals surface area (Å²) in [6.07, 6.45) is -1.03. The van der Waals surface area contributed by atoms with Gasteiger partial charge in [0, 0.05) is 16.2 Å². The standard InChI is InChI=1S/C15H14F2OS/c1-10-3-2-4-12(7-10)19-9-15(18)13-8-11(16)5-6-14(13)17/h2-8,15,18H,9H2,1H3. The molecule has 0 aliphatic carbocycles. The van der Waals surface area contributed by atoms with Gasteiger partial charge in [0.2, 0.25) is 0 Å². The molecule has 0 fully saturated rings. The van der Waals surface area contributed by atoms with Crippen LogP contribution in [0.3, 0.4) is 0 Å². The van der Waals surface area contributed by atoms with Crippen molar-refractivity contribution < 1.29 is 13.9 Å². The molecule has 0 spiro atoms. The minimum atomic E-state index is -1.03. The van der Waals surface area contributed by atoms with E-state index in [0.717, 1.165) is 28.7 Å². The largest absolute Gasteiger partial charge is 0.387 e. The van der Waals surface area contributed by atoms with Gasteiger partial charge in [-0.15, -0.1) is 11.8 Å². The summed E-state index contributed by atoms with van der Waals surface area (Å²) < 4.78 is 26.5. The van der Waals surface area contributed by atoms with Crippen LogP contribution in [-0.2, 0) is 0 Å². The molecule has 2 aromatic rings. The van der Waals surface area contributed by atoms with Crippen molar-refractivity contribution in [3.05, 3.63) is 65.2 Å². The van der Waals surface area contributed by atoms with Crippen LogP contribution >= 0.6 is 11.8 Å². The predicted molar refractivity (Wildman–Crippen MR) is 73.2 cm³/mol. The van der Waals surface area contributed by atoms with Crippen molar-refractivity contribution in [2.45, 2.75) is 17.9 Å². The lowest BCUT2D eigenvalue weighted by Gasteiger charge is -2.12. The van der Waals surface area contributed by atoms with E-state index in [1.165, 1.54) is 11.8 Å². The highest BCUT2D eigenvalue weighted by atomic mass is 32.2. The van der Waals surface area contributed by atoms with Crippen LogP contribution in [0.15, 0.2) is 47.4 Å². The van der Waals surface area contributed by atoms with Crippen LogP contribution in [0.25, 0.3) is 0 Å². The van der Waals surface area contributed by atoms with E-state index in [0.29, 0.717) is 0 Å². The molecule has 4 heteroatoms. The Balaban J connectivity index is 2.05. The topological polar surface area (TPSA) is 20.2 Å². The first kappa shape index (κ1) is 14.0. The Morgan fingerprint density at radius 3 is 2.68 bits per heavy atom. The third-order valence-electron chi connectivity index (χ3n) is 2.71. The summed E-state index contributed by atoms with van der Waals surface area (Å²) in [6.45, 7) is 1.98. The molecule has 0 bridgehead atoms. The summed E-state index contributed by atoms with van der Waals surface area (Å²) in [5, 5.41) is 9.93. The number of benzene rings is 2. The lowest BCUT2D eigenvalue weighted by molar-refractivity contribution is 0.198. The highest BCUT2D eigenvalue weighted by Crippen LogP contribution is 2.27. The Morgan fingerprint density at radius 1 is 1.16 bits per heavy atom. The second kappa shape index (κ2) is 6.17. The molecule has 2 rings (SSSR count). The molecule has 1 unspecified atom stereocenters. The molecule has 1 N–H and O–H groups in total. The number of halogens is 2. The maximum absolute atomic E-state index is 13.5. The van der Waals surface area contributed by atoms with E-state index in [9.17, 15) is 13.9 Å². The molecule has 2 aromatic carbocycles. The lowest BCUT2D eigenvalue weighted by Crippen LogP contribution is -2.04. The molecule has 0 saturated heterocycles. The molecule has 1 atom stereocenters. The van der Waals surface area contributed by atoms with Gasteiger partial charge in [-0.2, -0.15) is 0 Å². The first-order valence-electron chi connectivity index (χ1n) is 5.89. The van der Waals surface area contributed by atoms with Crippen molar-refractivity contribution in [2.75, 3.05) is 5.75 Å². The van der Waals surface area contributed by atoms with Gasteiger partial charge in [-0.25, -0.2) is 8.78 Å². The normalized spacial score (nSPS) is 12.4. The van der Waals surface area contributed by atoms with Gasteiger partial charge in [0.15, 0.2) is 0 Å². The van der Waals surface area contributed by atoms with E-state index < -0.39 is 17.7 Å². The van der Waals surface area contributed by atoms with Crippen molar-refractivity contribution in [1.29, 1.82) is 0 Å². The quantitative estimate of drug-likeness (QED) is 0.851. The zero-order valence-electron chi connectivity index (χ0n) is 10.4. The molecule has 1 nitrogen and oxygen atoms in total. The van der Waals surface area contributed by atoms with E-state index in [2.05, 4.69) is 0 Å². The molecule has 19 heavy (non-hydrogen) atoms. The Kier molecular flexibility index (Phi) is 4.56. The fourth-order valence-electron chi connectivity index (χ4n) is 1.74. The fourth-order valence-corrected chi connectivity index (χ4v) is 2.71. The van der Waals surface area contributed by atoms with Gasteiger partial charge in [-0.05, 0) is 37.3 Å². The van der Waals surface area contributed by atoms with Crippen LogP contribution in [0.1, 0.15) is 17.2 Å². The smallest absolute Gasteiger partial charge is 0.129 e. The number of aliphatic hydroxyl groups excluding tert-OH is 1. The highest BCUT2D eigenvalue weighted by molar-refractivity contribution is 7.99. The maximum atomic E-state index is 13.5. The van der Waals surface area contributed by atoms with Gasteiger partial charge in [-0.3, -0.25) is 0 Å². The molecular weight excluding hydrogens is 266 g/mol. The van der Waals surface area contributed by atoms with Crippen molar-refractivity contribution in [3.63, 3.8) is 0 Å². The number of thioether (sulfide) groups is 1. The molecular formula is C15H14F2OS. The Labute approximate surface area is 115 Å². The molecule has 100 valence electrons. The van der Waals surface area contributed by atoms with E-state index >= 15 is 0 Å². The van der Waals surface area contributed by atoms with Crippen LogP contribution in [0.2, 0.25) is 0 Å². The molecule has 0 heterocycles. The zero-order valence-corrected chi connectivity index (χ0v) is 11.3. The van der Waals surface area contributed by atoms with Gasteiger partial charge in [0.05, 0.1) is 6.10 Å². The van der Waals surface area contributed by atoms with Crippen molar-refractivity contribution in [2.24, 2.45) is 0 Å². The van der Waals surface area contributed by atoms with Crippen LogP contribution in [0.5, 0.6) is 0 Å². The SMILES string of the molecule is Cc1cccc(SCC(O)c2cc(F)ccc2F)c1. The fraction of sp³-hybridized carbons (Fsp3) is 0.200. The van der Waals surface area contributed by atoms with Gasteiger partial charge >= 0.3 is 0 Å². The Bertz CT molecular complexity index is 572. The Hall–Kier alpha value is -1.39. The van der Waals surface area contributed by atoms with Crippen LogP contribution in [0, 0.1) is 18.6 Å². The summed E-state index contributed by atoms with van der Waals surface area (Å²) in [6, 6.07) is 10.9. The summed E-state index contributed by atoms with van der Waals surface area (Å²) >= 11 is 1.41. The summed E-state index contributed by atoms with van der Waals surface area (Å²) in [5.41, 5.74) is 1.12. The highest BCUT2D eigenvalue weighted by Gasteiger charge is 2.14. The van der Waals surface area contributed by atoms with Gasteiger partial charge in [0.25, 0.3) is 0 Å². The van der Waals surface area contributed by atoms with Gasteiger partial charge in [-0.1, -0.05) is 17.7 Å². The second-order valence-corrected chi connectivity index (χ2v) is 5.40. The molecule has 0 aliphatic rings. The second-order valence-electron chi connectivity index (χ2n) is 4.31. The molecule has 0 saturated carbocycles. The van der Waals surface area contributed by atoms with E-state index in [1.54, 1.807) is 0 Å². The molecule has 0 aliphatic heterocycles. The van der Waals surface area contributed by atoms with Gasteiger partial charge < -0.3 is 5.11 Å². The van der Waals surface area contributed by atoms with Crippen molar-refractivity contribution in [3.8, 4) is 0 Å². The van der Waals surface area contributed by atoms with E-state index in [-0.39, 0.29) is 11.3 Å². The molecule has 0 radical (unpaired) electrons. The minimum absolute atomic E-state index is 0.000142. The summed E-state index contributed by atoms with van der Waals surface area (Å²) in [4.78, 5) is 0.996. The average molecular weight is 280 g/mol. The first-order chi connectivity index (χ1) is 9.06. The summed E-state index contributed by atoms with van der Waals surface area (Å²) in [7, 11) is 0. The van der Waals surface area contributed by atoms with Crippen LogP contribution in [0.4, 0.5) is 8.78 Å².